The molecule has 0 aromatic carbocycles. The first-order chi connectivity index (χ1) is 13.5. The number of carbonyl (C=O) groups is 5. The highest BCUT2D eigenvalue weighted by Crippen LogP contribution is 2.03. The van der Waals surface area contributed by atoms with Crippen molar-refractivity contribution in [3.8, 4) is 0 Å². The fourth-order valence-electron chi connectivity index (χ4n) is 2.27. The highest BCUT2D eigenvalue weighted by Gasteiger charge is 2.27. The number of carboxylic acids is 2. The van der Waals surface area contributed by atoms with Crippen molar-refractivity contribution < 1.29 is 34.2 Å². The average Bonchev–Trinajstić information content (AvgIpc) is 2.63. The summed E-state index contributed by atoms with van der Waals surface area (Å²) in [5.41, 5.74) is 10.8. The third-order valence-electron chi connectivity index (χ3n) is 4.01. The zero-order chi connectivity index (χ0) is 22.6. The molecule has 166 valence electrons. The van der Waals surface area contributed by atoms with E-state index in [1.54, 1.807) is 0 Å². The van der Waals surface area contributed by atoms with E-state index in [0.717, 1.165) is 0 Å². The van der Waals surface area contributed by atoms with Gasteiger partial charge in [0.25, 0.3) is 0 Å². The average molecular weight is 417 g/mol. The molecule has 0 aromatic heterocycles. The minimum atomic E-state index is -1.21. The lowest BCUT2D eigenvalue weighted by atomic mass is 10.1. The Morgan fingerprint density at radius 1 is 0.828 bits per heavy atom. The Balaban J connectivity index is 4.93. The van der Waals surface area contributed by atoms with E-state index in [4.69, 9.17) is 16.6 Å². The summed E-state index contributed by atoms with van der Waals surface area (Å²) in [7, 11) is 0. The summed E-state index contributed by atoms with van der Waals surface area (Å²) < 4.78 is 0. The number of carboxylic acid groups (broad SMARTS) is 2. The van der Waals surface area contributed by atoms with E-state index in [1.165, 1.54) is 13.8 Å². The standard InChI is InChI=1S/C17H31N5O7/c1-9(19)14(25)21-11(6-7-13(23)24)16(27)20-10(2)15(26)22-12(17(28)29)5-3-4-8-18/h9-12H,3-8,18-19H2,1-2H3,(H,20,27)(H,21,25)(H,22,26)(H,23,24)(H,28,29). The summed E-state index contributed by atoms with van der Waals surface area (Å²) in [4.78, 5) is 58.4. The lowest BCUT2D eigenvalue weighted by Crippen LogP contribution is -2.56. The molecule has 9 N–H and O–H groups in total. The van der Waals surface area contributed by atoms with Crippen LogP contribution in [0.5, 0.6) is 0 Å². The van der Waals surface area contributed by atoms with E-state index >= 15 is 0 Å². The van der Waals surface area contributed by atoms with Crippen molar-refractivity contribution >= 4 is 29.7 Å². The van der Waals surface area contributed by atoms with Gasteiger partial charge in [-0.15, -0.1) is 0 Å². The second-order valence-corrected chi connectivity index (χ2v) is 6.70. The lowest BCUT2D eigenvalue weighted by molar-refractivity contribution is -0.142. The molecule has 3 amide bonds. The molecule has 0 aliphatic rings. The van der Waals surface area contributed by atoms with Gasteiger partial charge in [0.15, 0.2) is 0 Å². The molecule has 0 saturated heterocycles. The van der Waals surface area contributed by atoms with Crippen molar-refractivity contribution in [2.24, 2.45) is 11.5 Å². The van der Waals surface area contributed by atoms with Crippen LogP contribution in [0.25, 0.3) is 0 Å². The van der Waals surface area contributed by atoms with E-state index in [-0.39, 0.29) is 19.3 Å². The van der Waals surface area contributed by atoms with Gasteiger partial charge in [0.05, 0.1) is 6.04 Å². The number of rotatable bonds is 14. The zero-order valence-electron chi connectivity index (χ0n) is 16.6. The fraction of sp³-hybridized carbons (Fsp3) is 0.706. The van der Waals surface area contributed by atoms with Crippen LogP contribution in [0.4, 0.5) is 0 Å². The molecule has 12 heteroatoms. The summed E-state index contributed by atoms with van der Waals surface area (Å²) in [6.07, 6.45) is 0.709. The molecule has 4 atom stereocenters. The number of aliphatic carboxylic acids is 2. The number of hydrogen-bond donors (Lipinski definition) is 7. The molecule has 0 spiro atoms. The summed E-state index contributed by atoms with van der Waals surface area (Å²) >= 11 is 0. The van der Waals surface area contributed by atoms with Crippen molar-refractivity contribution in [1.29, 1.82) is 0 Å². The maximum absolute atomic E-state index is 12.4. The van der Waals surface area contributed by atoms with Gasteiger partial charge in [-0.3, -0.25) is 19.2 Å². The Kier molecular flexibility index (Phi) is 12.2. The second-order valence-electron chi connectivity index (χ2n) is 6.70. The summed E-state index contributed by atoms with van der Waals surface area (Å²) in [5.74, 6) is -4.53. The molecule has 0 saturated carbocycles. The molecular weight excluding hydrogens is 386 g/mol. The van der Waals surface area contributed by atoms with E-state index in [1.807, 2.05) is 0 Å². The van der Waals surface area contributed by atoms with E-state index in [9.17, 15) is 29.1 Å². The topological polar surface area (TPSA) is 214 Å². The smallest absolute Gasteiger partial charge is 0.326 e. The largest absolute Gasteiger partial charge is 0.481 e. The van der Waals surface area contributed by atoms with Gasteiger partial charge in [0.1, 0.15) is 18.1 Å². The second kappa shape index (κ2) is 13.4. The predicted octanol–water partition coefficient (Wildman–Crippen LogP) is -2.11. The van der Waals surface area contributed by atoms with Gasteiger partial charge >= 0.3 is 11.9 Å². The summed E-state index contributed by atoms with van der Waals surface area (Å²) in [6, 6.07) is -4.37. The lowest BCUT2D eigenvalue weighted by Gasteiger charge is -2.22. The Bertz CT molecular complexity index is 597. The minimum Gasteiger partial charge on any atom is -0.481 e. The van der Waals surface area contributed by atoms with Crippen LogP contribution in [0.1, 0.15) is 46.0 Å². The van der Waals surface area contributed by atoms with Gasteiger partial charge in [-0.1, -0.05) is 0 Å². The van der Waals surface area contributed by atoms with E-state index < -0.39 is 53.8 Å². The van der Waals surface area contributed by atoms with Crippen LogP contribution in [-0.2, 0) is 24.0 Å². The van der Waals surface area contributed by atoms with Gasteiger partial charge in [0.2, 0.25) is 17.7 Å². The Morgan fingerprint density at radius 3 is 1.90 bits per heavy atom. The molecule has 4 unspecified atom stereocenters. The Morgan fingerprint density at radius 2 is 1.41 bits per heavy atom. The Labute approximate surface area is 168 Å². The van der Waals surface area contributed by atoms with Crippen molar-refractivity contribution in [3.63, 3.8) is 0 Å². The van der Waals surface area contributed by atoms with Crippen molar-refractivity contribution in [3.05, 3.63) is 0 Å². The number of carbonyl (C=O) groups excluding carboxylic acids is 3. The normalized spacial score (nSPS) is 14.8. The molecule has 29 heavy (non-hydrogen) atoms. The molecule has 0 aromatic rings. The van der Waals surface area contributed by atoms with Crippen molar-refractivity contribution in [1.82, 2.24) is 16.0 Å². The zero-order valence-corrected chi connectivity index (χ0v) is 16.6. The monoisotopic (exact) mass is 417 g/mol. The van der Waals surface area contributed by atoms with Crippen LogP contribution in [0.3, 0.4) is 0 Å². The first-order valence-corrected chi connectivity index (χ1v) is 9.30. The van der Waals surface area contributed by atoms with Crippen LogP contribution in [0.15, 0.2) is 0 Å². The highest BCUT2D eigenvalue weighted by molar-refractivity contribution is 5.94. The molecule has 12 nitrogen and oxygen atoms in total. The number of unbranched alkanes of at least 4 members (excludes halogenated alkanes) is 1. The summed E-state index contributed by atoms with van der Waals surface area (Å²) in [6.45, 7) is 3.14. The van der Waals surface area contributed by atoms with Crippen LogP contribution < -0.4 is 27.4 Å². The van der Waals surface area contributed by atoms with Gasteiger partial charge in [-0.2, -0.15) is 0 Å². The van der Waals surface area contributed by atoms with Crippen LogP contribution in [0.2, 0.25) is 0 Å². The quantitative estimate of drug-likeness (QED) is 0.154. The maximum atomic E-state index is 12.4. The van der Waals surface area contributed by atoms with E-state index in [2.05, 4.69) is 16.0 Å². The molecule has 0 fully saturated rings. The highest BCUT2D eigenvalue weighted by atomic mass is 16.4. The molecule has 0 bridgehead atoms. The van der Waals surface area contributed by atoms with Crippen molar-refractivity contribution in [2.45, 2.75) is 70.1 Å². The van der Waals surface area contributed by atoms with Gasteiger partial charge in [0, 0.05) is 6.42 Å². The van der Waals surface area contributed by atoms with Gasteiger partial charge in [-0.05, 0) is 46.1 Å². The molecule has 0 aliphatic heterocycles. The maximum Gasteiger partial charge on any atom is 0.326 e. The number of nitrogens with two attached hydrogens (primary N) is 2. The van der Waals surface area contributed by atoms with Crippen LogP contribution >= 0.6 is 0 Å². The van der Waals surface area contributed by atoms with Crippen LogP contribution in [-0.4, -0.2) is 70.6 Å². The first kappa shape index (κ1) is 26.3. The fourth-order valence-corrected chi connectivity index (χ4v) is 2.27. The number of hydrogen-bond acceptors (Lipinski definition) is 7. The SMILES string of the molecule is CC(N)C(=O)NC(CCC(=O)O)C(=O)NC(C)C(=O)NC(CCCCN)C(=O)O. The van der Waals surface area contributed by atoms with E-state index in [0.29, 0.717) is 19.4 Å². The minimum absolute atomic E-state index is 0.185. The molecular formula is C17H31N5O7. The van der Waals surface area contributed by atoms with Gasteiger partial charge in [-0.25, -0.2) is 4.79 Å². The molecule has 0 aliphatic carbocycles. The first-order valence-electron chi connectivity index (χ1n) is 9.30. The number of nitrogens with one attached hydrogen (secondary N) is 3. The number of amides is 3. The van der Waals surface area contributed by atoms with Crippen molar-refractivity contribution in [2.75, 3.05) is 6.54 Å². The molecule has 0 rings (SSSR count). The Hall–Kier alpha value is -2.73. The molecule has 0 radical (unpaired) electrons. The third-order valence-corrected chi connectivity index (χ3v) is 4.01. The van der Waals surface area contributed by atoms with Crippen LogP contribution in [0, 0.1) is 0 Å². The third kappa shape index (κ3) is 11.0. The molecule has 0 heterocycles. The summed E-state index contributed by atoms with van der Waals surface area (Å²) in [5, 5.41) is 25.0. The predicted molar refractivity (Wildman–Crippen MR) is 103 cm³/mol. The van der Waals surface area contributed by atoms with Gasteiger partial charge < -0.3 is 37.6 Å².